The predicted molar refractivity (Wildman–Crippen MR) is 49.4 cm³/mol. The normalized spacial score (nSPS) is 9.62. The van der Waals surface area contributed by atoms with Crippen LogP contribution in [-0.2, 0) is 14.3 Å². The van der Waals surface area contributed by atoms with Crippen LogP contribution in [0.1, 0.15) is 26.2 Å². The fourth-order valence-corrected chi connectivity index (χ4v) is 0.787. The minimum absolute atomic E-state index is 0.0906. The van der Waals surface area contributed by atoms with Gasteiger partial charge >= 0.3 is 0 Å². The molecule has 0 bridgehead atoms. The average molecular weight is 187 g/mol. The van der Waals surface area contributed by atoms with Crippen molar-refractivity contribution >= 4 is 12.2 Å². The molecular formula is C9H17NO3. The number of carbonyl (C=O) groups is 2. The summed E-state index contributed by atoms with van der Waals surface area (Å²) in [7, 11) is 0. The highest BCUT2D eigenvalue weighted by Crippen LogP contribution is 1.84. The van der Waals surface area contributed by atoms with Crippen LogP contribution in [0.5, 0.6) is 0 Å². The van der Waals surface area contributed by atoms with E-state index in [-0.39, 0.29) is 12.3 Å². The molecule has 4 heteroatoms. The second kappa shape index (κ2) is 9.19. The van der Waals surface area contributed by atoms with Crippen molar-refractivity contribution in [3.05, 3.63) is 0 Å². The van der Waals surface area contributed by atoms with Gasteiger partial charge in [-0.2, -0.15) is 0 Å². The van der Waals surface area contributed by atoms with Gasteiger partial charge in [0, 0.05) is 26.0 Å². The van der Waals surface area contributed by atoms with Gasteiger partial charge in [0.25, 0.3) is 0 Å². The van der Waals surface area contributed by atoms with E-state index in [4.69, 9.17) is 4.74 Å². The summed E-state index contributed by atoms with van der Waals surface area (Å²) in [5.74, 6) is -0.0906. The maximum atomic E-state index is 10.9. The molecule has 76 valence electrons. The molecule has 0 aromatic carbocycles. The van der Waals surface area contributed by atoms with Gasteiger partial charge in [-0.3, -0.25) is 4.79 Å². The summed E-state index contributed by atoms with van der Waals surface area (Å²) in [6, 6.07) is 0. The summed E-state index contributed by atoms with van der Waals surface area (Å²) >= 11 is 0. The fourth-order valence-electron chi connectivity index (χ4n) is 0.787. The Balaban J connectivity index is 3.12. The average Bonchev–Trinajstić information content (AvgIpc) is 2.14. The van der Waals surface area contributed by atoms with Gasteiger partial charge in [-0.1, -0.05) is 6.92 Å². The number of amides is 1. The van der Waals surface area contributed by atoms with Crippen molar-refractivity contribution in [1.82, 2.24) is 5.32 Å². The highest BCUT2D eigenvalue weighted by Gasteiger charge is 1.98. The summed E-state index contributed by atoms with van der Waals surface area (Å²) < 4.78 is 5.15. The number of ether oxygens (including phenoxy) is 1. The first kappa shape index (κ1) is 12.1. The largest absolute Gasteiger partial charge is 0.380 e. The van der Waals surface area contributed by atoms with Crippen LogP contribution in [0.4, 0.5) is 0 Å². The Morgan fingerprint density at radius 3 is 2.85 bits per heavy atom. The van der Waals surface area contributed by atoms with Gasteiger partial charge in [0.05, 0.1) is 6.61 Å². The van der Waals surface area contributed by atoms with Crippen molar-refractivity contribution in [3.63, 3.8) is 0 Å². The lowest BCUT2D eigenvalue weighted by molar-refractivity contribution is -0.122. The van der Waals surface area contributed by atoms with Gasteiger partial charge in [-0.15, -0.1) is 0 Å². The number of carbonyl (C=O) groups excluding carboxylic acids is 2. The first-order chi connectivity index (χ1) is 6.31. The highest BCUT2D eigenvalue weighted by atomic mass is 16.5. The summed E-state index contributed by atoms with van der Waals surface area (Å²) in [6.07, 6.45) is 2.30. The highest BCUT2D eigenvalue weighted by molar-refractivity contribution is 5.77. The van der Waals surface area contributed by atoms with E-state index in [1.807, 2.05) is 6.92 Å². The molecule has 0 spiro atoms. The molecular weight excluding hydrogens is 170 g/mol. The zero-order valence-electron chi connectivity index (χ0n) is 8.04. The van der Waals surface area contributed by atoms with E-state index in [0.717, 1.165) is 19.3 Å². The van der Waals surface area contributed by atoms with Crippen molar-refractivity contribution in [2.24, 2.45) is 0 Å². The lowest BCUT2D eigenvalue weighted by atomic mass is 10.3. The maximum absolute atomic E-state index is 10.9. The van der Waals surface area contributed by atoms with E-state index in [0.29, 0.717) is 19.6 Å². The molecule has 0 aliphatic heterocycles. The number of hydrogen-bond acceptors (Lipinski definition) is 3. The van der Waals surface area contributed by atoms with Crippen molar-refractivity contribution in [3.8, 4) is 0 Å². The van der Waals surface area contributed by atoms with Crippen LogP contribution in [-0.4, -0.2) is 32.0 Å². The van der Waals surface area contributed by atoms with Gasteiger partial charge in [-0.05, 0) is 6.42 Å². The molecule has 0 aromatic rings. The van der Waals surface area contributed by atoms with Crippen LogP contribution in [0.2, 0.25) is 0 Å². The van der Waals surface area contributed by atoms with E-state index in [9.17, 15) is 9.59 Å². The fraction of sp³-hybridized carbons (Fsp3) is 0.778. The molecule has 4 nitrogen and oxygen atoms in total. The van der Waals surface area contributed by atoms with Crippen LogP contribution in [0, 0.1) is 0 Å². The van der Waals surface area contributed by atoms with Crippen LogP contribution in [0.25, 0.3) is 0 Å². The van der Waals surface area contributed by atoms with Gasteiger partial charge < -0.3 is 14.8 Å². The van der Waals surface area contributed by atoms with Crippen molar-refractivity contribution in [2.75, 3.05) is 19.8 Å². The third kappa shape index (κ3) is 9.01. The molecule has 0 unspecified atom stereocenters. The summed E-state index contributed by atoms with van der Waals surface area (Å²) in [5, 5.41) is 2.65. The molecule has 1 N–H and O–H groups in total. The second-order valence-electron chi connectivity index (χ2n) is 2.67. The molecule has 0 atom stereocenters. The standard InChI is InChI=1S/C9H17NO3/c1-2-7-13-8-5-10-9(12)4-3-6-11/h6H,2-5,7-8H2,1H3,(H,10,12). The summed E-state index contributed by atoms with van der Waals surface area (Å²) in [4.78, 5) is 20.8. The number of hydrogen-bond donors (Lipinski definition) is 1. The molecule has 0 heterocycles. The molecule has 0 radical (unpaired) electrons. The maximum Gasteiger partial charge on any atom is 0.220 e. The minimum atomic E-state index is -0.0906. The lowest BCUT2D eigenvalue weighted by Crippen LogP contribution is -2.27. The molecule has 0 saturated heterocycles. The minimum Gasteiger partial charge on any atom is -0.380 e. The first-order valence-corrected chi connectivity index (χ1v) is 4.59. The summed E-state index contributed by atoms with van der Waals surface area (Å²) in [6.45, 7) is 3.82. The monoisotopic (exact) mass is 187 g/mol. The van der Waals surface area contributed by atoms with Crippen molar-refractivity contribution in [1.29, 1.82) is 0 Å². The van der Waals surface area contributed by atoms with Gasteiger partial charge in [0.1, 0.15) is 6.29 Å². The van der Waals surface area contributed by atoms with Crippen LogP contribution in [0.3, 0.4) is 0 Å². The molecule has 0 aliphatic rings. The van der Waals surface area contributed by atoms with Gasteiger partial charge in [0.15, 0.2) is 0 Å². The van der Waals surface area contributed by atoms with Crippen LogP contribution < -0.4 is 5.32 Å². The SMILES string of the molecule is CCCOCCNC(=O)CCC=O. The van der Waals surface area contributed by atoms with Gasteiger partial charge in [0.2, 0.25) is 5.91 Å². The smallest absolute Gasteiger partial charge is 0.220 e. The Bertz CT molecular complexity index is 148. The third-order valence-corrected chi connectivity index (χ3v) is 1.41. The van der Waals surface area contributed by atoms with Crippen molar-refractivity contribution < 1.29 is 14.3 Å². The molecule has 0 saturated carbocycles. The van der Waals surface area contributed by atoms with Gasteiger partial charge in [-0.25, -0.2) is 0 Å². The lowest BCUT2D eigenvalue weighted by Gasteiger charge is -2.04. The zero-order chi connectivity index (χ0) is 9.94. The molecule has 0 rings (SSSR count). The van der Waals surface area contributed by atoms with E-state index >= 15 is 0 Å². The molecule has 13 heavy (non-hydrogen) atoms. The Morgan fingerprint density at radius 1 is 1.46 bits per heavy atom. The topological polar surface area (TPSA) is 55.4 Å². The molecule has 1 amide bonds. The Labute approximate surface area is 78.6 Å². The van der Waals surface area contributed by atoms with Crippen LogP contribution in [0.15, 0.2) is 0 Å². The first-order valence-electron chi connectivity index (χ1n) is 4.59. The Morgan fingerprint density at radius 2 is 2.23 bits per heavy atom. The van der Waals surface area contributed by atoms with E-state index in [1.54, 1.807) is 0 Å². The van der Waals surface area contributed by atoms with E-state index in [1.165, 1.54) is 0 Å². The Kier molecular flexibility index (Phi) is 8.55. The summed E-state index contributed by atoms with van der Waals surface area (Å²) in [5.41, 5.74) is 0. The quantitative estimate of drug-likeness (QED) is 0.445. The third-order valence-electron chi connectivity index (χ3n) is 1.41. The second-order valence-corrected chi connectivity index (χ2v) is 2.67. The van der Waals surface area contributed by atoms with E-state index < -0.39 is 0 Å². The van der Waals surface area contributed by atoms with Crippen molar-refractivity contribution in [2.45, 2.75) is 26.2 Å². The van der Waals surface area contributed by atoms with E-state index in [2.05, 4.69) is 5.32 Å². The zero-order valence-corrected chi connectivity index (χ0v) is 8.04. The predicted octanol–water partition coefficient (Wildman–Crippen LogP) is 0.508. The van der Waals surface area contributed by atoms with Crippen LogP contribution >= 0.6 is 0 Å². The molecule has 0 aromatic heterocycles. The molecule has 0 fully saturated rings. The number of rotatable bonds is 8. The Hall–Kier alpha value is -0.900. The number of aldehydes is 1. The number of nitrogens with one attached hydrogen (secondary N) is 1. The molecule has 0 aliphatic carbocycles.